The van der Waals surface area contributed by atoms with E-state index in [9.17, 15) is 9.59 Å². The summed E-state index contributed by atoms with van der Waals surface area (Å²) in [6.45, 7) is 1.25. The van der Waals surface area contributed by atoms with E-state index < -0.39 is 6.04 Å². The van der Waals surface area contributed by atoms with E-state index in [1.165, 1.54) is 6.92 Å². The molecular weight excluding hydrogens is 420 g/mol. The van der Waals surface area contributed by atoms with E-state index in [0.717, 1.165) is 16.7 Å². The fraction of sp³-hybridized carbons (Fsp3) is 0.440. The summed E-state index contributed by atoms with van der Waals surface area (Å²) in [4.78, 5) is 24.1. The Morgan fingerprint density at radius 3 is 2.58 bits per heavy atom. The third-order valence-corrected chi connectivity index (χ3v) is 4.80. The predicted molar refractivity (Wildman–Crippen MR) is 123 cm³/mol. The molecule has 2 rings (SSSR count). The van der Waals surface area contributed by atoms with Gasteiger partial charge in [-0.05, 0) is 36.6 Å². The maximum atomic E-state index is 12.5. The topological polar surface area (TPSA) is 139 Å². The van der Waals surface area contributed by atoms with Crippen molar-refractivity contribution >= 4 is 22.8 Å². The number of aliphatic hydroxyl groups is 1. The number of unbranched alkanes of at least 4 members (excludes halogenated alkanes) is 3. The fourth-order valence-electron chi connectivity index (χ4n) is 3.35. The van der Waals surface area contributed by atoms with Crippen molar-refractivity contribution in [2.24, 2.45) is 0 Å². The lowest BCUT2D eigenvalue weighted by Gasteiger charge is -2.17. The molecule has 0 aliphatic heterocycles. The van der Waals surface area contributed by atoms with Crippen LogP contribution in [0.1, 0.15) is 55.9 Å². The number of aryl methyl sites for hydroxylation is 1. The van der Waals surface area contributed by atoms with Crippen molar-refractivity contribution in [3.05, 3.63) is 35.1 Å². The molecule has 0 spiro atoms. The number of hydrogen-bond donors (Lipinski definition) is 3. The number of hydrogen-bond acceptors (Lipinski definition) is 6. The first-order valence-electron chi connectivity index (χ1n) is 10.9. The Bertz CT molecular complexity index is 1110. The summed E-state index contributed by atoms with van der Waals surface area (Å²) < 4.78 is 6.01. The van der Waals surface area contributed by atoms with Crippen LogP contribution >= 0.6 is 0 Å². The van der Waals surface area contributed by atoms with Crippen LogP contribution in [0.15, 0.2) is 22.6 Å². The molecule has 0 radical (unpaired) electrons. The number of fused-ring (bicyclic) bond motifs is 1. The quantitative estimate of drug-likeness (QED) is 0.356. The lowest BCUT2D eigenvalue weighted by atomic mass is 10.00. The van der Waals surface area contributed by atoms with Gasteiger partial charge in [-0.25, -0.2) is 0 Å². The third kappa shape index (κ3) is 8.33. The van der Waals surface area contributed by atoms with Crippen LogP contribution in [0.3, 0.4) is 0 Å². The highest BCUT2D eigenvalue weighted by Gasteiger charge is 2.21. The van der Waals surface area contributed by atoms with Crippen LogP contribution in [0.25, 0.3) is 11.0 Å². The molecule has 0 aliphatic carbocycles. The molecule has 0 aliphatic rings. The molecule has 0 fully saturated rings. The number of benzene rings is 1. The zero-order valence-corrected chi connectivity index (χ0v) is 18.7. The molecule has 172 valence electrons. The lowest BCUT2D eigenvalue weighted by Crippen LogP contribution is -2.48. The van der Waals surface area contributed by atoms with Crippen molar-refractivity contribution < 1.29 is 19.1 Å². The minimum absolute atomic E-state index is 0.0984. The normalized spacial score (nSPS) is 11.0. The van der Waals surface area contributed by atoms with Crippen molar-refractivity contribution in [3.8, 4) is 24.0 Å². The zero-order valence-electron chi connectivity index (χ0n) is 18.7. The standard InChI is InChI=1S/C25H28N4O4/c1-18(31)29-23(25(32)28-12-13-30)16-19-14-20(8-4-2-3-6-10-26)24-21(15-19)17-22(33-24)9-5-7-11-27/h14-15,17,23,30H,2-3,5-7,9,12-13,16H2,1H3,(H,28,32)(H,29,31)/t23-/m0/s1. The van der Waals surface area contributed by atoms with E-state index in [2.05, 4.69) is 34.6 Å². The maximum absolute atomic E-state index is 12.5. The van der Waals surface area contributed by atoms with Crippen LogP contribution in [0, 0.1) is 34.5 Å². The largest absolute Gasteiger partial charge is 0.460 e. The molecule has 1 atom stereocenters. The Morgan fingerprint density at radius 2 is 1.88 bits per heavy atom. The van der Waals surface area contributed by atoms with Gasteiger partial charge in [0, 0.05) is 51.0 Å². The van der Waals surface area contributed by atoms with Gasteiger partial charge in [-0.15, -0.1) is 0 Å². The van der Waals surface area contributed by atoms with Gasteiger partial charge in [0.1, 0.15) is 17.4 Å². The third-order valence-electron chi connectivity index (χ3n) is 4.80. The van der Waals surface area contributed by atoms with E-state index in [1.807, 2.05) is 18.2 Å². The molecular formula is C25H28N4O4. The minimum Gasteiger partial charge on any atom is -0.460 e. The maximum Gasteiger partial charge on any atom is 0.243 e. The smallest absolute Gasteiger partial charge is 0.243 e. The van der Waals surface area contributed by atoms with Crippen molar-refractivity contribution in [1.29, 1.82) is 10.5 Å². The molecule has 2 amide bonds. The summed E-state index contributed by atoms with van der Waals surface area (Å²) in [5, 5.41) is 32.5. The number of carbonyl (C=O) groups excluding carboxylic acids is 2. The van der Waals surface area contributed by atoms with Gasteiger partial charge in [-0.1, -0.05) is 11.8 Å². The van der Waals surface area contributed by atoms with E-state index >= 15 is 0 Å². The summed E-state index contributed by atoms with van der Waals surface area (Å²) >= 11 is 0. The Hall–Kier alpha value is -3.80. The van der Waals surface area contributed by atoms with Gasteiger partial charge in [-0.3, -0.25) is 9.59 Å². The summed E-state index contributed by atoms with van der Waals surface area (Å²) in [6.07, 6.45) is 3.70. The van der Waals surface area contributed by atoms with E-state index in [0.29, 0.717) is 49.7 Å². The van der Waals surface area contributed by atoms with Gasteiger partial charge in [0.2, 0.25) is 11.8 Å². The van der Waals surface area contributed by atoms with Crippen LogP contribution in [0.2, 0.25) is 0 Å². The van der Waals surface area contributed by atoms with Gasteiger partial charge in [-0.2, -0.15) is 10.5 Å². The van der Waals surface area contributed by atoms with Crippen molar-refractivity contribution in [1.82, 2.24) is 10.6 Å². The second-order valence-corrected chi connectivity index (χ2v) is 7.57. The molecule has 3 N–H and O–H groups in total. The van der Waals surface area contributed by atoms with Crippen molar-refractivity contribution in [2.75, 3.05) is 13.2 Å². The highest BCUT2D eigenvalue weighted by molar-refractivity contribution is 5.88. The fourth-order valence-corrected chi connectivity index (χ4v) is 3.35. The Balaban J connectivity index is 2.37. The van der Waals surface area contributed by atoms with Crippen LogP contribution in [-0.2, 0) is 22.4 Å². The molecule has 0 saturated heterocycles. The molecule has 1 aromatic carbocycles. The van der Waals surface area contributed by atoms with E-state index in [-0.39, 0.29) is 31.4 Å². The first-order valence-corrected chi connectivity index (χ1v) is 10.9. The van der Waals surface area contributed by atoms with Crippen molar-refractivity contribution in [3.63, 3.8) is 0 Å². The first kappa shape index (κ1) is 25.5. The Labute approximate surface area is 193 Å². The van der Waals surface area contributed by atoms with Crippen LogP contribution < -0.4 is 10.6 Å². The molecule has 0 unspecified atom stereocenters. The number of carbonyl (C=O) groups is 2. The van der Waals surface area contributed by atoms with E-state index in [1.54, 1.807) is 0 Å². The molecule has 1 heterocycles. The molecule has 0 saturated carbocycles. The summed E-state index contributed by atoms with van der Waals surface area (Å²) in [5.74, 6) is 6.23. The summed E-state index contributed by atoms with van der Waals surface area (Å²) in [6, 6.07) is 9.08. The average Bonchev–Trinajstić information content (AvgIpc) is 3.19. The molecule has 8 heteroatoms. The van der Waals surface area contributed by atoms with Gasteiger partial charge < -0.3 is 20.2 Å². The van der Waals surface area contributed by atoms with Crippen LogP contribution in [0.5, 0.6) is 0 Å². The number of amides is 2. The monoisotopic (exact) mass is 448 g/mol. The number of furan rings is 1. The molecule has 2 aromatic rings. The van der Waals surface area contributed by atoms with Crippen molar-refractivity contribution in [2.45, 2.75) is 57.9 Å². The van der Waals surface area contributed by atoms with Crippen LogP contribution in [0.4, 0.5) is 0 Å². The van der Waals surface area contributed by atoms with Crippen LogP contribution in [-0.4, -0.2) is 36.1 Å². The van der Waals surface area contributed by atoms with Gasteiger partial charge >= 0.3 is 0 Å². The second-order valence-electron chi connectivity index (χ2n) is 7.57. The number of aliphatic hydroxyl groups excluding tert-OH is 1. The number of rotatable bonds is 11. The second kappa shape index (κ2) is 13.6. The average molecular weight is 449 g/mol. The summed E-state index contributed by atoms with van der Waals surface area (Å²) in [5.41, 5.74) is 2.11. The highest BCUT2D eigenvalue weighted by Crippen LogP contribution is 2.26. The van der Waals surface area contributed by atoms with Gasteiger partial charge in [0.05, 0.1) is 24.3 Å². The zero-order chi connectivity index (χ0) is 24.1. The van der Waals surface area contributed by atoms with Gasteiger partial charge in [0.25, 0.3) is 0 Å². The Morgan fingerprint density at radius 1 is 1.12 bits per heavy atom. The molecule has 1 aromatic heterocycles. The molecule has 33 heavy (non-hydrogen) atoms. The van der Waals surface area contributed by atoms with E-state index in [4.69, 9.17) is 20.0 Å². The predicted octanol–water partition coefficient (Wildman–Crippen LogP) is 2.48. The Kier molecular flexibility index (Phi) is 10.5. The first-order chi connectivity index (χ1) is 16.0. The van der Waals surface area contributed by atoms with Gasteiger partial charge in [0.15, 0.2) is 0 Å². The molecule has 0 bridgehead atoms. The highest BCUT2D eigenvalue weighted by atomic mass is 16.3. The number of nitrogens with zero attached hydrogens (tertiary/aromatic N) is 2. The summed E-state index contributed by atoms with van der Waals surface area (Å²) in [7, 11) is 0. The minimum atomic E-state index is -0.801. The number of nitrogens with one attached hydrogen (secondary N) is 2. The molecule has 8 nitrogen and oxygen atoms in total. The SMILES string of the molecule is CC(=O)N[C@@H](Cc1cc(C#CCCCC#N)c2oc(CCCC#N)cc2c1)C(=O)NCCO. The lowest BCUT2D eigenvalue weighted by molar-refractivity contribution is -0.128. The number of nitriles is 2.